The number of anilines is 1. The van der Waals surface area contributed by atoms with Crippen LogP contribution < -0.4 is 5.32 Å². The maximum Gasteiger partial charge on any atom is 0.446 e. The van der Waals surface area contributed by atoms with Gasteiger partial charge in [0.2, 0.25) is 0 Å². The number of para-hydroxylation sites is 1. The average Bonchev–Trinajstić information content (AvgIpc) is 2.45. The molecule has 1 N–H and O–H groups in total. The summed E-state index contributed by atoms with van der Waals surface area (Å²) in [5.74, 6) is -1.77. The lowest BCUT2D eigenvalue weighted by molar-refractivity contribution is -0.138. The van der Waals surface area contributed by atoms with Gasteiger partial charge in [-0.2, -0.15) is 13.2 Å². The Morgan fingerprint density at radius 2 is 1.82 bits per heavy atom. The first-order valence-electron chi connectivity index (χ1n) is 5.76. The van der Waals surface area contributed by atoms with Crippen LogP contribution in [0.15, 0.2) is 40.9 Å². The van der Waals surface area contributed by atoms with Crippen molar-refractivity contribution < 1.29 is 32.2 Å². The third kappa shape index (κ3) is 5.68. The van der Waals surface area contributed by atoms with E-state index in [2.05, 4.69) is 14.8 Å². The fraction of sp³-hybridized carbons (Fsp3) is 0.231. The van der Waals surface area contributed by atoms with Crippen molar-refractivity contribution in [1.29, 1.82) is 0 Å². The van der Waals surface area contributed by atoms with Gasteiger partial charge in [0.05, 0.1) is 26.0 Å². The van der Waals surface area contributed by atoms with E-state index in [1.165, 1.54) is 24.3 Å². The highest BCUT2D eigenvalue weighted by molar-refractivity contribution is 8.00. The van der Waals surface area contributed by atoms with E-state index in [1.807, 2.05) is 0 Å². The number of ether oxygens (including phenoxy) is 2. The molecule has 1 aromatic carbocycles. The third-order valence-electron chi connectivity index (χ3n) is 2.25. The van der Waals surface area contributed by atoms with Crippen molar-refractivity contribution in [1.82, 2.24) is 0 Å². The Balaban J connectivity index is 3.11. The molecule has 0 aromatic heterocycles. The molecule has 120 valence electrons. The van der Waals surface area contributed by atoms with Crippen LogP contribution in [-0.2, 0) is 19.1 Å². The van der Waals surface area contributed by atoms with Crippen LogP contribution >= 0.6 is 11.8 Å². The maximum atomic E-state index is 12.5. The number of halogens is 3. The van der Waals surface area contributed by atoms with Crippen LogP contribution in [0.5, 0.6) is 0 Å². The number of methoxy groups -OCH3 is 2. The molecule has 0 amide bonds. The van der Waals surface area contributed by atoms with Crippen molar-refractivity contribution >= 4 is 29.4 Å². The van der Waals surface area contributed by atoms with Gasteiger partial charge in [-0.15, -0.1) is 0 Å². The molecule has 1 aromatic rings. The molecule has 0 aliphatic rings. The zero-order valence-electron chi connectivity index (χ0n) is 11.6. The quantitative estimate of drug-likeness (QED) is 0.507. The zero-order chi connectivity index (χ0) is 16.8. The highest BCUT2D eigenvalue weighted by Crippen LogP contribution is 2.40. The predicted octanol–water partition coefficient (Wildman–Crippen LogP) is 2.94. The molecule has 0 aliphatic heterocycles. The number of benzene rings is 1. The number of thioether (sulfide) groups is 1. The Morgan fingerprint density at radius 1 is 1.18 bits per heavy atom. The highest BCUT2D eigenvalue weighted by Gasteiger charge is 2.30. The van der Waals surface area contributed by atoms with Gasteiger partial charge in [0.25, 0.3) is 0 Å². The van der Waals surface area contributed by atoms with Crippen molar-refractivity contribution in [2.24, 2.45) is 0 Å². The Bertz CT molecular complexity index is 587. The van der Waals surface area contributed by atoms with Gasteiger partial charge in [0, 0.05) is 4.90 Å². The van der Waals surface area contributed by atoms with Gasteiger partial charge in [-0.05, 0) is 23.9 Å². The van der Waals surface area contributed by atoms with E-state index >= 15 is 0 Å². The van der Waals surface area contributed by atoms with Crippen molar-refractivity contribution in [3.63, 3.8) is 0 Å². The van der Waals surface area contributed by atoms with Gasteiger partial charge in [-0.3, -0.25) is 0 Å². The number of hydrogen-bond donors (Lipinski definition) is 1. The number of esters is 2. The Kier molecular flexibility index (Phi) is 6.29. The summed E-state index contributed by atoms with van der Waals surface area (Å²) in [5.41, 5.74) is -4.83. The van der Waals surface area contributed by atoms with Crippen LogP contribution in [0, 0.1) is 0 Å². The minimum atomic E-state index is -4.49. The van der Waals surface area contributed by atoms with Crippen molar-refractivity contribution in [3.05, 3.63) is 36.0 Å². The molecule has 9 heteroatoms. The maximum absolute atomic E-state index is 12.5. The van der Waals surface area contributed by atoms with E-state index in [4.69, 9.17) is 0 Å². The van der Waals surface area contributed by atoms with Gasteiger partial charge < -0.3 is 14.8 Å². The monoisotopic (exact) mass is 335 g/mol. The molecule has 0 aliphatic carbocycles. The summed E-state index contributed by atoms with van der Waals surface area (Å²) in [7, 11) is 2.17. The van der Waals surface area contributed by atoms with Crippen molar-refractivity contribution in [2.75, 3.05) is 19.5 Å². The molecule has 0 spiro atoms. The van der Waals surface area contributed by atoms with E-state index in [0.29, 0.717) is 0 Å². The minimum absolute atomic E-state index is 0.00498. The SMILES string of the molecule is COC(=O)/C=C(/Nc1ccccc1SC(F)(F)F)C(=O)OC. The first-order chi connectivity index (χ1) is 10.3. The summed E-state index contributed by atoms with van der Waals surface area (Å²) in [6, 6.07) is 5.46. The molecule has 0 unspecified atom stereocenters. The average molecular weight is 335 g/mol. The fourth-order valence-corrected chi connectivity index (χ4v) is 1.99. The summed E-state index contributed by atoms with van der Waals surface area (Å²) in [6.07, 6.45) is 0.793. The number of nitrogens with one attached hydrogen (secondary N) is 1. The summed E-state index contributed by atoms with van der Waals surface area (Å²) in [5, 5.41) is 2.45. The molecule has 5 nitrogen and oxygen atoms in total. The normalized spacial score (nSPS) is 11.8. The van der Waals surface area contributed by atoms with Crippen molar-refractivity contribution in [2.45, 2.75) is 10.4 Å². The standard InChI is InChI=1S/C13H12F3NO4S/c1-20-11(18)7-9(12(19)21-2)17-8-5-3-4-6-10(8)22-13(14,15)16/h3-7,17H,1-2H3/b9-7+. The molecular weight excluding hydrogens is 323 g/mol. The second-order valence-electron chi connectivity index (χ2n) is 3.74. The van der Waals surface area contributed by atoms with Crippen LogP contribution in [-0.4, -0.2) is 31.7 Å². The highest BCUT2D eigenvalue weighted by atomic mass is 32.2. The summed E-state index contributed by atoms with van der Waals surface area (Å²) in [4.78, 5) is 22.6. The van der Waals surface area contributed by atoms with Crippen molar-refractivity contribution in [3.8, 4) is 0 Å². The van der Waals surface area contributed by atoms with Gasteiger partial charge in [-0.1, -0.05) is 12.1 Å². The molecule has 0 radical (unpaired) electrons. The molecule has 0 saturated heterocycles. The molecule has 0 bridgehead atoms. The minimum Gasteiger partial charge on any atom is -0.466 e. The Labute approximate surface area is 128 Å². The predicted molar refractivity (Wildman–Crippen MR) is 74.1 cm³/mol. The molecule has 0 fully saturated rings. The topological polar surface area (TPSA) is 64.6 Å². The number of carbonyl (C=O) groups excluding carboxylic acids is 2. The van der Waals surface area contributed by atoms with Crippen LogP contribution in [0.2, 0.25) is 0 Å². The lowest BCUT2D eigenvalue weighted by Crippen LogP contribution is -2.16. The number of carbonyl (C=O) groups is 2. The first-order valence-corrected chi connectivity index (χ1v) is 6.58. The van der Waals surface area contributed by atoms with Crippen LogP contribution in [0.1, 0.15) is 0 Å². The largest absolute Gasteiger partial charge is 0.466 e. The van der Waals surface area contributed by atoms with E-state index in [-0.39, 0.29) is 28.0 Å². The zero-order valence-corrected chi connectivity index (χ0v) is 12.4. The second-order valence-corrected chi connectivity index (χ2v) is 4.85. The molecular formula is C13H12F3NO4S. The smallest absolute Gasteiger partial charge is 0.446 e. The van der Waals surface area contributed by atoms with Crippen LogP contribution in [0.25, 0.3) is 0 Å². The van der Waals surface area contributed by atoms with E-state index < -0.39 is 17.4 Å². The molecule has 1 rings (SSSR count). The number of hydrogen-bond acceptors (Lipinski definition) is 6. The van der Waals surface area contributed by atoms with E-state index in [9.17, 15) is 22.8 Å². The Hall–Kier alpha value is -2.16. The molecule has 0 heterocycles. The second kappa shape index (κ2) is 7.74. The molecule has 0 saturated carbocycles. The van der Waals surface area contributed by atoms with Crippen LogP contribution in [0.3, 0.4) is 0 Å². The van der Waals surface area contributed by atoms with E-state index in [0.717, 1.165) is 20.3 Å². The summed E-state index contributed by atoms with van der Waals surface area (Å²) in [6.45, 7) is 0. The third-order valence-corrected chi connectivity index (χ3v) is 3.06. The van der Waals surface area contributed by atoms with Gasteiger partial charge in [-0.25, -0.2) is 9.59 Å². The van der Waals surface area contributed by atoms with Gasteiger partial charge in [0.15, 0.2) is 0 Å². The first kappa shape index (κ1) is 17.9. The lowest BCUT2D eigenvalue weighted by atomic mass is 10.3. The van der Waals surface area contributed by atoms with E-state index in [1.54, 1.807) is 0 Å². The number of rotatable bonds is 5. The fourth-order valence-electron chi connectivity index (χ4n) is 1.36. The lowest BCUT2D eigenvalue weighted by Gasteiger charge is -2.14. The summed E-state index contributed by atoms with van der Waals surface area (Å²) >= 11 is -0.345. The van der Waals surface area contributed by atoms with Gasteiger partial charge in [0.1, 0.15) is 5.70 Å². The molecule has 22 heavy (non-hydrogen) atoms. The number of alkyl halides is 3. The summed E-state index contributed by atoms with van der Waals surface area (Å²) < 4.78 is 46.3. The van der Waals surface area contributed by atoms with Crippen LogP contribution in [0.4, 0.5) is 18.9 Å². The van der Waals surface area contributed by atoms with Gasteiger partial charge >= 0.3 is 17.4 Å². The molecule has 0 atom stereocenters. The Morgan fingerprint density at radius 3 is 2.36 bits per heavy atom.